The third-order valence-corrected chi connectivity index (χ3v) is 4.30. The molecule has 3 unspecified atom stereocenters. The van der Waals surface area contributed by atoms with Gasteiger partial charge in [-0.2, -0.15) is 8.42 Å². The van der Waals surface area contributed by atoms with E-state index in [1.165, 1.54) is 0 Å². The van der Waals surface area contributed by atoms with Crippen molar-refractivity contribution in [3.63, 3.8) is 0 Å². The Kier molecular flexibility index (Phi) is 2.31. The fourth-order valence-corrected chi connectivity index (χ4v) is 3.08. The van der Waals surface area contributed by atoms with Gasteiger partial charge in [-0.25, -0.2) is 0 Å². The minimum atomic E-state index is -4.12. The number of fused-ring (bicyclic) bond motifs is 1. The molecule has 1 N–H and O–H groups in total. The second-order valence-corrected chi connectivity index (χ2v) is 5.60. The maximum absolute atomic E-state index is 11.2. The molecule has 0 amide bonds. The molecule has 0 aromatic carbocycles. The van der Waals surface area contributed by atoms with E-state index in [1.807, 2.05) is 0 Å². The van der Waals surface area contributed by atoms with Crippen LogP contribution in [0.4, 0.5) is 0 Å². The number of rotatable bonds is 1. The summed E-state index contributed by atoms with van der Waals surface area (Å²) in [6.07, 6.45) is 0.455. The molecule has 7 heteroatoms. The molecule has 15 heavy (non-hydrogen) atoms. The van der Waals surface area contributed by atoms with E-state index in [1.54, 1.807) is 0 Å². The Hall–Kier alpha value is -0.950. The van der Waals surface area contributed by atoms with Gasteiger partial charge >= 0.3 is 11.9 Å². The number of carbonyl (C=O) groups is 2. The Morgan fingerprint density at radius 1 is 1.13 bits per heavy atom. The smallest absolute Gasteiger partial charge is 0.317 e. The second kappa shape index (κ2) is 3.28. The number of ether oxygens (including phenoxy) is 1. The van der Waals surface area contributed by atoms with Gasteiger partial charge in [0, 0.05) is 0 Å². The third kappa shape index (κ3) is 1.76. The zero-order valence-corrected chi connectivity index (χ0v) is 8.57. The first kappa shape index (κ1) is 10.6. The van der Waals surface area contributed by atoms with Gasteiger partial charge in [-0.15, -0.1) is 0 Å². The molecule has 2 rings (SSSR count). The van der Waals surface area contributed by atoms with Gasteiger partial charge in [0.05, 0.1) is 17.1 Å². The summed E-state index contributed by atoms with van der Waals surface area (Å²) in [4.78, 5) is 22.3. The van der Waals surface area contributed by atoms with Crippen molar-refractivity contribution in [3.8, 4) is 0 Å². The maximum atomic E-state index is 11.2. The summed E-state index contributed by atoms with van der Waals surface area (Å²) in [5, 5.41) is -0.947. The minimum absolute atomic E-state index is 0.0198. The average molecular weight is 234 g/mol. The number of carbonyl (C=O) groups excluding carboxylic acids is 2. The van der Waals surface area contributed by atoms with Gasteiger partial charge in [0.2, 0.25) is 0 Å². The molecule has 0 aromatic heterocycles. The first-order chi connectivity index (χ1) is 6.89. The predicted molar refractivity (Wildman–Crippen MR) is 47.3 cm³/mol. The summed E-state index contributed by atoms with van der Waals surface area (Å²) in [6, 6.07) is 0. The van der Waals surface area contributed by atoms with Crippen molar-refractivity contribution < 1.29 is 27.3 Å². The lowest BCUT2D eigenvalue weighted by molar-refractivity contribution is -0.153. The lowest BCUT2D eigenvalue weighted by Crippen LogP contribution is -2.34. The van der Waals surface area contributed by atoms with Crippen LogP contribution in [0, 0.1) is 11.8 Å². The summed E-state index contributed by atoms with van der Waals surface area (Å²) < 4.78 is 35.0. The van der Waals surface area contributed by atoms with Crippen molar-refractivity contribution >= 4 is 22.1 Å². The monoisotopic (exact) mass is 234 g/mol. The minimum Gasteiger partial charge on any atom is -0.393 e. The number of hydrogen-bond donors (Lipinski definition) is 1. The van der Waals surface area contributed by atoms with Crippen LogP contribution in [0.3, 0.4) is 0 Å². The average Bonchev–Trinajstić information content (AvgIpc) is 2.41. The maximum Gasteiger partial charge on any atom is 0.317 e. The molecule has 1 heterocycles. The van der Waals surface area contributed by atoms with Crippen LogP contribution in [0.15, 0.2) is 0 Å². The highest BCUT2D eigenvalue weighted by Crippen LogP contribution is 2.38. The van der Waals surface area contributed by atoms with Gasteiger partial charge < -0.3 is 4.74 Å². The van der Waals surface area contributed by atoms with Crippen LogP contribution in [0.25, 0.3) is 0 Å². The van der Waals surface area contributed by atoms with Crippen molar-refractivity contribution in [2.24, 2.45) is 11.8 Å². The lowest BCUT2D eigenvalue weighted by atomic mass is 9.81. The van der Waals surface area contributed by atoms with Crippen molar-refractivity contribution in [2.75, 3.05) is 0 Å². The zero-order chi connectivity index (χ0) is 11.2. The first-order valence-corrected chi connectivity index (χ1v) is 6.12. The Bertz CT molecular complexity index is 411. The Morgan fingerprint density at radius 3 is 2.33 bits per heavy atom. The van der Waals surface area contributed by atoms with E-state index in [2.05, 4.69) is 4.74 Å². The molecule has 2 fully saturated rings. The highest BCUT2D eigenvalue weighted by atomic mass is 32.2. The normalized spacial score (nSPS) is 36.2. The van der Waals surface area contributed by atoms with Crippen LogP contribution in [0.1, 0.15) is 19.3 Å². The van der Waals surface area contributed by atoms with Crippen LogP contribution in [0.5, 0.6) is 0 Å². The summed E-state index contributed by atoms with van der Waals surface area (Å²) in [5.41, 5.74) is 0. The Morgan fingerprint density at radius 2 is 1.73 bits per heavy atom. The van der Waals surface area contributed by atoms with E-state index in [-0.39, 0.29) is 19.3 Å². The SMILES string of the molecule is O=C1OC(=O)C2CC(S(=O)(=O)O)CCC12. The third-order valence-electron chi connectivity index (χ3n) is 3.03. The van der Waals surface area contributed by atoms with Crippen molar-refractivity contribution in [3.05, 3.63) is 0 Å². The lowest BCUT2D eigenvalue weighted by Gasteiger charge is -2.25. The Labute approximate surface area is 86.3 Å². The van der Waals surface area contributed by atoms with E-state index in [4.69, 9.17) is 4.55 Å². The molecule has 3 atom stereocenters. The number of esters is 2. The Balaban J connectivity index is 2.19. The van der Waals surface area contributed by atoms with Crippen molar-refractivity contribution in [1.82, 2.24) is 0 Å². The van der Waals surface area contributed by atoms with E-state index < -0.39 is 39.1 Å². The fourth-order valence-electron chi connectivity index (χ4n) is 2.20. The molecule has 1 aliphatic carbocycles. The van der Waals surface area contributed by atoms with Crippen LogP contribution >= 0.6 is 0 Å². The van der Waals surface area contributed by atoms with Gasteiger partial charge in [-0.1, -0.05) is 0 Å². The van der Waals surface area contributed by atoms with Crippen LogP contribution in [-0.4, -0.2) is 30.2 Å². The molecular weight excluding hydrogens is 224 g/mol. The van der Waals surface area contributed by atoms with Gasteiger partial charge in [-0.05, 0) is 19.3 Å². The van der Waals surface area contributed by atoms with Gasteiger partial charge in [0.25, 0.3) is 10.1 Å². The highest BCUT2D eigenvalue weighted by Gasteiger charge is 2.49. The molecule has 84 valence electrons. The van der Waals surface area contributed by atoms with Crippen LogP contribution in [0.2, 0.25) is 0 Å². The predicted octanol–water partition coefficient (Wildman–Crippen LogP) is -0.258. The quantitative estimate of drug-likeness (QED) is 0.381. The summed E-state index contributed by atoms with van der Waals surface area (Å²) >= 11 is 0. The second-order valence-electron chi connectivity index (χ2n) is 3.90. The molecule has 0 aromatic rings. The molecule has 6 nitrogen and oxygen atoms in total. The van der Waals surface area contributed by atoms with Crippen molar-refractivity contribution in [2.45, 2.75) is 24.5 Å². The molecule has 1 saturated carbocycles. The summed E-state index contributed by atoms with van der Waals surface area (Å²) in [6.45, 7) is 0. The number of cyclic esters (lactones) is 2. The molecular formula is C8H10O6S. The van der Waals surface area contributed by atoms with Gasteiger partial charge in [-0.3, -0.25) is 14.1 Å². The molecule has 1 saturated heterocycles. The molecule has 0 bridgehead atoms. The van der Waals surface area contributed by atoms with Gasteiger partial charge in [0.15, 0.2) is 0 Å². The largest absolute Gasteiger partial charge is 0.393 e. The standard InChI is InChI=1S/C8H10O6S/c9-7-5-2-1-4(15(11,12)13)3-6(5)8(10)14-7/h4-6H,1-3H2,(H,11,12,13). The van der Waals surface area contributed by atoms with Crippen LogP contribution < -0.4 is 0 Å². The molecule has 2 aliphatic rings. The molecule has 1 aliphatic heterocycles. The van der Waals surface area contributed by atoms with E-state index in [0.717, 1.165) is 0 Å². The van der Waals surface area contributed by atoms with E-state index in [9.17, 15) is 18.0 Å². The highest BCUT2D eigenvalue weighted by molar-refractivity contribution is 7.86. The van der Waals surface area contributed by atoms with E-state index in [0.29, 0.717) is 0 Å². The summed E-state index contributed by atoms with van der Waals surface area (Å²) in [7, 11) is -4.12. The van der Waals surface area contributed by atoms with Crippen molar-refractivity contribution in [1.29, 1.82) is 0 Å². The van der Waals surface area contributed by atoms with Gasteiger partial charge in [0.1, 0.15) is 0 Å². The van der Waals surface area contributed by atoms with Crippen LogP contribution in [-0.2, 0) is 24.4 Å². The summed E-state index contributed by atoms with van der Waals surface area (Å²) in [5.74, 6) is -2.45. The number of hydrogen-bond acceptors (Lipinski definition) is 5. The molecule has 0 radical (unpaired) electrons. The molecule has 0 spiro atoms. The van der Waals surface area contributed by atoms with E-state index >= 15 is 0 Å². The zero-order valence-electron chi connectivity index (χ0n) is 7.75. The topological polar surface area (TPSA) is 97.7 Å². The fraction of sp³-hybridized carbons (Fsp3) is 0.750. The first-order valence-electron chi connectivity index (χ1n) is 4.61.